The van der Waals surface area contributed by atoms with Gasteiger partial charge in [-0.1, -0.05) is 0 Å². The van der Waals surface area contributed by atoms with Crippen molar-refractivity contribution in [3.63, 3.8) is 0 Å². The Morgan fingerprint density at radius 3 is 2.30 bits per heavy atom. The molecular weight excluding hydrogens is 424 g/mol. The first-order valence-corrected chi connectivity index (χ1v) is 9.03. The molecule has 2 aromatic rings. The fraction of sp³-hybridized carbons (Fsp3) is 0.312. The molecule has 0 spiro atoms. The van der Waals surface area contributed by atoms with E-state index in [0.717, 1.165) is 39.7 Å². The number of amides is 1. The van der Waals surface area contributed by atoms with Crippen molar-refractivity contribution >= 4 is 49.4 Å². The molecule has 0 aromatic carbocycles. The molecule has 0 saturated heterocycles. The zero-order chi connectivity index (χ0) is 16.2. The number of nitrogens with zero attached hydrogens (tertiary/aromatic N) is 2. The number of hydrogen-bond donors (Lipinski definition) is 2. The standard InChI is InChI=1S/C8H7BrN2O.C8H9BrN2/c9-6-3-5-1-2-7(12)11-8(5)10-4-6;9-7-4-6-2-1-3-10-8(6)11-5-7/h3-4H,1-2H2,(H,10,11,12);4-5H,1-3H2,(H,10,11). The molecule has 0 atom stereocenters. The lowest BCUT2D eigenvalue weighted by Crippen LogP contribution is -2.19. The van der Waals surface area contributed by atoms with Crippen molar-refractivity contribution in [2.45, 2.75) is 25.7 Å². The summed E-state index contributed by atoms with van der Waals surface area (Å²) in [7, 11) is 0. The van der Waals surface area contributed by atoms with Crippen LogP contribution >= 0.6 is 31.9 Å². The van der Waals surface area contributed by atoms with Crippen molar-refractivity contribution in [3.8, 4) is 0 Å². The minimum Gasteiger partial charge on any atom is -0.370 e. The molecular formula is C16H16Br2N4O. The first-order valence-electron chi connectivity index (χ1n) is 7.44. The number of fused-ring (bicyclic) bond motifs is 2. The van der Waals surface area contributed by atoms with E-state index >= 15 is 0 Å². The quantitative estimate of drug-likeness (QED) is 0.652. The van der Waals surface area contributed by atoms with Crippen LogP contribution in [0.2, 0.25) is 0 Å². The van der Waals surface area contributed by atoms with E-state index in [0.29, 0.717) is 12.2 Å². The number of carbonyl (C=O) groups excluding carboxylic acids is 1. The van der Waals surface area contributed by atoms with Gasteiger partial charge in [0.25, 0.3) is 0 Å². The van der Waals surface area contributed by atoms with Crippen molar-refractivity contribution in [2.24, 2.45) is 0 Å². The SMILES string of the molecule is Brc1cnc2c(c1)CCCN2.O=C1CCc2cc(Br)cnc2N1. The highest BCUT2D eigenvalue weighted by molar-refractivity contribution is 9.10. The predicted molar refractivity (Wildman–Crippen MR) is 97.6 cm³/mol. The summed E-state index contributed by atoms with van der Waals surface area (Å²) < 4.78 is 2.03. The smallest absolute Gasteiger partial charge is 0.225 e. The lowest BCUT2D eigenvalue weighted by Gasteiger charge is -2.16. The lowest BCUT2D eigenvalue weighted by atomic mass is 10.1. The number of nitrogens with one attached hydrogen (secondary N) is 2. The summed E-state index contributed by atoms with van der Waals surface area (Å²) in [5.41, 5.74) is 2.43. The van der Waals surface area contributed by atoms with E-state index in [1.807, 2.05) is 12.3 Å². The fourth-order valence-corrected chi connectivity index (χ4v) is 3.30. The molecule has 0 bridgehead atoms. The third kappa shape index (κ3) is 4.29. The van der Waals surface area contributed by atoms with E-state index in [9.17, 15) is 4.79 Å². The highest BCUT2D eigenvalue weighted by atomic mass is 79.9. The number of hydrogen-bond acceptors (Lipinski definition) is 4. The van der Waals surface area contributed by atoms with E-state index < -0.39 is 0 Å². The Labute approximate surface area is 151 Å². The van der Waals surface area contributed by atoms with Gasteiger partial charge in [0.2, 0.25) is 5.91 Å². The third-order valence-electron chi connectivity index (χ3n) is 3.66. The first-order chi connectivity index (χ1) is 11.1. The number of anilines is 2. The van der Waals surface area contributed by atoms with Gasteiger partial charge in [0.05, 0.1) is 0 Å². The van der Waals surface area contributed by atoms with E-state index in [1.54, 1.807) is 6.20 Å². The van der Waals surface area contributed by atoms with Crippen LogP contribution in [0.1, 0.15) is 24.0 Å². The van der Waals surface area contributed by atoms with Crippen LogP contribution in [0.4, 0.5) is 11.6 Å². The van der Waals surface area contributed by atoms with Crippen molar-refractivity contribution in [1.82, 2.24) is 9.97 Å². The van der Waals surface area contributed by atoms with Gasteiger partial charge in [-0.2, -0.15) is 0 Å². The van der Waals surface area contributed by atoms with Gasteiger partial charge < -0.3 is 10.6 Å². The maximum atomic E-state index is 10.9. The summed E-state index contributed by atoms with van der Waals surface area (Å²) in [6.07, 6.45) is 7.22. The fourth-order valence-electron chi connectivity index (χ4n) is 2.54. The van der Waals surface area contributed by atoms with Gasteiger partial charge in [0.1, 0.15) is 11.6 Å². The zero-order valence-electron chi connectivity index (χ0n) is 12.4. The third-order valence-corrected chi connectivity index (χ3v) is 4.53. The van der Waals surface area contributed by atoms with E-state index in [-0.39, 0.29) is 5.91 Å². The number of aromatic nitrogens is 2. The molecule has 2 aliphatic rings. The molecule has 23 heavy (non-hydrogen) atoms. The molecule has 4 heterocycles. The molecule has 2 N–H and O–H groups in total. The van der Waals surface area contributed by atoms with Crippen molar-refractivity contribution in [1.29, 1.82) is 0 Å². The molecule has 2 aliphatic heterocycles. The Morgan fingerprint density at radius 2 is 1.57 bits per heavy atom. The average molecular weight is 440 g/mol. The highest BCUT2D eigenvalue weighted by Gasteiger charge is 2.15. The normalized spacial score (nSPS) is 15.3. The molecule has 0 radical (unpaired) electrons. The zero-order valence-corrected chi connectivity index (χ0v) is 15.6. The molecule has 0 aliphatic carbocycles. The summed E-state index contributed by atoms with van der Waals surface area (Å²) >= 11 is 6.73. The Bertz CT molecular complexity index is 736. The molecule has 7 heteroatoms. The molecule has 1 amide bonds. The van der Waals surface area contributed by atoms with E-state index in [2.05, 4.69) is 58.5 Å². The van der Waals surface area contributed by atoms with Gasteiger partial charge in [-0.15, -0.1) is 0 Å². The monoisotopic (exact) mass is 438 g/mol. The molecule has 0 saturated carbocycles. The van der Waals surface area contributed by atoms with Crippen LogP contribution in [0, 0.1) is 0 Å². The second-order valence-corrected chi connectivity index (χ2v) is 7.23. The summed E-state index contributed by atoms with van der Waals surface area (Å²) in [5, 5.41) is 5.97. The van der Waals surface area contributed by atoms with Gasteiger partial charge in [-0.25, -0.2) is 9.97 Å². The molecule has 4 rings (SSSR count). The summed E-state index contributed by atoms with van der Waals surface area (Å²) in [6.45, 7) is 1.06. The van der Waals surface area contributed by atoms with Crippen LogP contribution in [-0.2, 0) is 17.6 Å². The Hall–Kier alpha value is -1.47. The molecule has 120 valence electrons. The molecule has 2 aromatic heterocycles. The van der Waals surface area contributed by atoms with Gasteiger partial charge in [0.15, 0.2) is 0 Å². The van der Waals surface area contributed by atoms with Crippen molar-refractivity contribution < 1.29 is 4.79 Å². The Kier molecular flexibility index (Phi) is 5.27. The average Bonchev–Trinajstić information content (AvgIpc) is 2.55. The second kappa shape index (κ2) is 7.40. The maximum absolute atomic E-state index is 10.9. The van der Waals surface area contributed by atoms with Gasteiger partial charge in [-0.3, -0.25) is 4.79 Å². The van der Waals surface area contributed by atoms with Crippen LogP contribution < -0.4 is 10.6 Å². The number of halogens is 2. The van der Waals surface area contributed by atoms with Crippen LogP contribution in [0.5, 0.6) is 0 Å². The van der Waals surface area contributed by atoms with Gasteiger partial charge >= 0.3 is 0 Å². The van der Waals surface area contributed by atoms with E-state index in [4.69, 9.17) is 0 Å². The first kappa shape index (κ1) is 16.4. The minimum atomic E-state index is 0.0531. The summed E-state index contributed by atoms with van der Waals surface area (Å²) in [4.78, 5) is 19.3. The summed E-state index contributed by atoms with van der Waals surface area (Å²) in [6, 6.07) is 4.12. The van der Waals surface area contributed by atoms with Crippen LogP contribution in [-0.4, -0.2) is 22.4 Å². The minimum absolute atomic E-state index is 0.0531. The molecule has 0 fully saturated rings. The van der Waals surface area contributed by atoms with Crippen LogP contribution in [0.15, 0.2) is 33.5 Å². The van der Waals surface area contributed by atoms with Crippen LogP contribution in [0.3, 0.4) is 0 Å². The van der Waals surface area contributed by atoms with Gasteiger partial charge in [-0.05, 0) is 74.4 Å². The number of carbonyl (C=O) groups is 1. The number of pyridine rings is 2. The van der Waals surface area contributed by atoms with E-state index in [1.165, 1.54) is 12.0 Å². The van der Waals surface area contributed by atoms with Gasteiger partial charge in [0, 0.05) is 34.3 Å². The van der Waals surface area contributed by atoms with Crippen molar-refractivity contribution in [3.05, 3.63) is 44.6 Å². The lowest BCUT2D eigenvalue weighted by molar-refractivity contribution is -0.116. The molecule has 0 unspecified atom stereocenters. The molecule has 5 nitrogen and oxygen atoms in total. The number of rotatable bonds is 0. The second-order valence-electron chi connectivity index (χ2n) is 5.40. The number of aryl methyl sites for hydroxylation is 2. The predicted octanol–water partition coefficient (Wildman–Crippen LogP) is 3.93. The van der Waals surface area contributed by atoms with Crippen LogP contribution in [0.25, 0.3) is 0 Å². The maximum Gasteiger partial charge on any atom is 0.225 e. The Morgan fingerprint density at radius 1 is 0.913 bits per heavy atom. The Balaban J connectivity index is 0.000000136. The summed E-state index contributed by atoms with van der Waals surface area (Å²) in [5.74, 6) is 1.81. The highest BCUT2D eigenvalue weighted by Crippen LogP contribution is 2.23. The topological polar surface area (TPSA) is 66.9 Å². The van der Waals surface area contributed by atoms with Crippen molar-refractivity contribution in [2.75, 3.05) is 17.2 Å². The largest absolute Gasteiger partial charge is 0.370 e.